The highest BCUT2D eigenvalue weighted by molar-refractivity contribution is 6.39. The Morgan fingerprint density at radius 1 is 1.08 bits per heavy atom. The molecule has 0 unspecified atom stereocenters. The predicted octanol–water partition coefficient (Wildman–Crippen LogP) is 4.51. The first-order valence-electron chi connectivity index (χ1n) is 7.16. The van der Waals surface area contributed by atoms with E-state index in [9.17, 15) is 14.0 Å². The molecule has 0 fully saturated rings. The predicted molar refractivity (Wildman–Crippen MR) is 94.1 cm³/mol. The molecule has 0 aliphatic rings. The van der Waals surface area contributed by atoms with Crippen molar-refractivity contribution in [3.8, 4) is 0 Å². The van der Waals surface area contributed by atoms with Crippen molar-refractivity contribution >= 4 is 46.4 Å². The van der Waals surface area contributed by atoms with E-state index in [0.29, 0.717) is 15.7 Å². The largest absolute Gasteiger partial charge is 0.324 e. The first kappa shape index (κ1) is 18.2. The van der Waals surface area contributed by atoms with Gasteiger partial charge >= 0.3 is 0 Å². The quantitative estimate of drug-likeness (QED) is 0.843. The summed E-state index contributed by atoms with van der Waals surface area (Å²) in [5.74, 6) is -1.25. The van der Waals surface area contributed by atoms with Crippen molar-refractivity contribution < 1.29 is 14.0 Å². The molecule has 0 aliphatic heterocycles. The van der Waals surface area contributed by atoms with Gasteiger partial charge in [0.25, 0.3) is 0 Å². The van der Waals surface area contributed by atoms with E-state index >= 15 is 0 Å². The number of hydrogen-bond donors (Lipinski definition) is 1. The highest BCUT2D eigenvalue weighted by atomic mass is 35.5. The summed E-state index contributed by atoms with van der Waals surface area (Å²) in [4.78, 5) is 25.2. The molecule has 0 spiro atoms. The van der Waals surface area contributed by atoms with Crippen LogP contribution < -0.4 is 10.2 Å². The molecule has 2 rings (SSSR count). The zero-order valence-corrected chi connectivity index (χ0v) is 14.4. The summed E-state index contributed by atoms with van der Waals surface area (Å²) in [6.07, 6.45) is -0.0323. The van der Waals surface area contributed by atoms with E-state index in [4.69, 9.17) is 23.2 Å². The third kappa shape index (κ3) is 4.46. The number of rotatable bonds is 5. The van der Waals surface area contributed by atoms with Gasteiger partial charge in [-0.2, -0.15) is 0 Å². The normalized spacial score (nSPS) is 10.3. The third-order valence-corrected chi connectivity index (χ3v) is 3.91. The van der Waals surface area contributed by atoms with Gasteiger partial charge in [0.1, 0.15) is 5.82 Å². The Morgan fingerprint density at radius 2 is 1.71 bits per heavy atom. The highest BCUT2D eigenvalue weighted by Gasteiger charge is 2.19. The molecule has 7 heteroatoms. The number of amides is 2. The van der Waals surface area contributed by atoms with Crippen LogP contribution in [0.15, 0.2) is 42.5 Å². The minimum Gasteiger partial charge on any atom is -0.324 e. The average molecular weight is 369 g/mol. The van der Waals surface area contributed by atoms with E-state index in [1.807, 2.05) is 0 Å². The van der Waals surface area contributed by atoms with Crippen LogP contribution in [0.3, 0.4) is 0 Å². The number of hydrogen-bond acceptors (Lipinski definition) is 2. The average Bonchev–Trinajstić information content (AvgIpc) is 2.52. The third-order valence-electron chi connectivity index (χ3n) is 3.30. The fourth-order valence-electron chi connectivity index (χ4n) is 2.16. The summed E-state index contributed by atoms with van der Waals surface area (Å²) in [5.41, 5.74) is 0.444. The Kier molecular flexibility index (Phi) is 6.17. The van der Waals surface area contributed by atoms with E-state index in [1.54, 1.807) is 24.3 Å². The van der Waals surface area contributed by atoms with E-state index in [2.05, 4.69) is 5.32 Å². The van der Waals surface area contributed by atoms with Crippen LogP contribution in [-0.4, -0.2) is 18.4 Å². The topological polar surface area (TPSA) is 49.4 Å². The molecule has 0 saturated heterocycles. The summed E-state index contributed by atoms with van der Waals surface area (Å²) < 4.78 is 13.5. The minimum absolute atomic E-state index is 0.0323. The summed E-state index contributed by atoms with van der Waals surface area (Å²) in [5, 5.41) is 3.09. The monoisotopic (exact) mass is 368 g/mol. The Hall–Kier alpha value is -2.11. The standard InChI is InChI=1S/C17H15Cl2FN2O2/c1-11(23)22(17-12(18)5-4-6-13(17)19)10-9-16(24)21-15-8-3-2-7-14(15)20/h2-8H,9-10H2,1H3,(H,21,24). The lowest BCUT2D eigenvalue weighted by molar-refractivity contribution is -0.117. The zero-order chi connectivity index (χ0) is 17.7. The number of para-hydroxylation sites is 2. The molecule has 2 aromatic rings. The Bertz CT molecular complexity index is 748. The molecule has 126 valence electrons. The van der Waals surface area contributed by atoms with Crippen LogP contribution >= 0.6 is 23.2 Å². The van der Waals surface area contributed by atoms with Crippen molar-refractivity contribution in [2.24, 2.45) is 0 Å². The van der Waals surface area contributed by atoms with Crippen molar-refractivity contribution in [1.29, 1.82) is 0 Å². The maximum absolute atomic E-state index is 13.5. The highest BCUT2D eigenvalue weighted by Crippen LogP contribution is 2.33. The van der Waals surface area contributed by atoms with Gasteiger partial charge in [-0.05, 0) is 24.3 Å². The molecular formula is C17H15Cl2FN2O2. The number of carbonyl (C=O) groups is 2. The van der Waals surface area contributed by atoms with Crippen LogP contribution in [0.4, 0.5) is 15.8 Å². The number of nitrogens with one attached hydrogen (secondary N) is 1. The Balaban J connectivity index is 2.08. The van der Waals surface area contributed by atoms with Crippen molar-refractivity contribution in [2.75, 3.05) is 16.8 Å². The lowest BCUT2D eigenvalue weighted by Crippen LogP contribution is -2.32. The molecule has 1 N–H and O–H groups in total. The second-order valence-corrected chi connectivity index (χ2v) is 5.83. The Labute approximate surface area is 149 Å². The molecule has 0 radical (unpaired) electrons. The van der Waals surface area contributed by atoms with Crippen LogP contribution in [0.5, 0.6) is 0 Å². The molecule has 0 atom stereocenters. The fraction of sp³-hybridized carbons (Fsp3) is 0.176. The van der Waals surface area contributed by atoms with E-state index in [1.165, 1.54) is 30.0 Å². The molecule has 4 nitrogen and oxygen atoms in total. The molecule has 24 heavy (non-hydrogen) atoms. The van der Waals surface area contributed by atoms with Crippen molar-refractivity contribution in [2.45, 2.75) is 13.3 Å². The van der Waals surface area contributed by atoms with Gasteiger partial charge in [0.05, 0.1) is 21.4 Å². The van der Waals surface area contributed by atoms with E-state index in [0.717, 1.165) is 0 Å². The van der Waals surface area contributed by atoms with E-state index in [-0.39, 0.29) is 24.6 Å². The molecule has 2 amide bonds. The van der Waals surface area contributed by atoms with E-state index < -0.39 is 11.7 Å². The smallest absolute Gasteiger partial charge is 0.226 e. The molecule has 0 aromatic heterocycles. The molecular weight excluding hydrogens is 354 g/mol. The number of halogens is 3. The van der Waals surface area contributed by atoms with Crippen LogP contribution in [0.1, 0.15) is 13.3 Å². The van der Waals surface area contributed by atoms with Crippen LogP contribution in [0, 0.1) is 5.82 Å². The first-order chi connectivity index (χ1) is 11.4. The lowest BCUT2D eigenvalue weighted by atomic mass is 10.2. The van der Waals surface area contributed by atoms with Gasteiger partial charge in [0.2, 0.25) is 11.8 Å². The molecule has 2 aromatic carbocycles. The summed E-state index contributed by atoms with van der Waals surface area (Å²) in [7, 11) is 0. The van der Waals surface area contributed by atoms with Crippen LogP contribution in [0.2, 0.25) is 10.0 Å². The maximum atomic E-state index is 13.5. The van der Waals surface area contributed by atoms with Crippen molar-refractivity contribution in [3.63, 3.8) is 0 Å². The minimum atomic E-state index is -0.525. The molecule has 0 bridgehead atoms. The number of carbonyl (C=O) groups excluding carboxylic acids is 2. The van der Waals surface area contributed by atoms with Gasteiger partial charge < -0.3 is 10.2 Å². The first-order valence-corrected chi connectivity index (χ1v) is 7.92. The molecule has 0 aliphatic carbocycles. The lowest BCUT2D eigenvalue weighted by Gasteiger charge is -2.23. The van der Waals surface area contributed by atoms with Crippen LogP contribution in [-0.2, 0) is 9.59 Å². The number of anilines is 2. The summed E-state index contributed by atoms with van der Waals surface area (Å²) in [6, 6.07) is 10.7. The van der Waals surface area contributed by atoms with Gasteiger partial charge in [0, 0.05) is 19.9 Å². The van der Waals surface area contributed by atoms with Gasteiger partial charge in [-0.15, -0.1) is 0 Å². The van der Waals surface area contributed by atoms with Crippen LogP contribution in [0.25, 0.3) is 0 Å². The SMILES string of the molecule is CC(=O)N(CCC(=O)Nc1ccccc1F)c1c(Cl)cccc1Cl. The van der Waals surface area contributed by atoms with Crippen molar-refractivity contribution in [3.05, 3.63) is 58.3 Å². The molecule has 0 saturated carbocycles. The summed E-state index contributed by atoms with van der Waals surface area (Å²) >= 11 is 12.2. The van der Waals surface area contributed by atoms with Gasteiger partial charge in [0.15, 0.2) is 0 Å². The Morgan fingerprint density at radius 3 is 2.29 bits per heavy atom. The maximum Gasteiger partial charge on any atom is 0.226 e. The number of nitrogens with zero attached hydrogens (tertiary/aromatic N) is 1. The number of benzene rings is 2. The zero-order valence-electron chi connectivity index (χ0n) is 12.9. The summed E-state index contributed by atoms with van der Waals surface area (Å²) in [6.45, 7) is 1.42. The fourth-order valence-corrected chi connectivity index (χ4v) is 2.76. The van der Waals surface area contributed by atoms with Crippen molar-refractivity contribution in [1.82, 2.24) is 0 Å². The second kappa shape index (κ2) is 8.13. The second-order valence-electron chi connectivity index (χ2n) is 5.02. The van der Waals surface area contributed by atoms with Gasteiger partial charge in [-0.25, -0.2) is 4.39 Å². The van der Waals surface area contributed by atoms with Gasteiger partial charge in [-0.1, -0.05) is 41.4 Å². The van der Waals surface area contributed by atoms with Gasteiger partial charge in [-0.3, -0.25) is 9.59 Å². The molecule has 0 heterocycles.